The molecule has 0 aliphatic heterocycles. The average Bonchev–Trinajstić information content (AvgIpc) is 3.22. The minimum absolute atomic E-state index is 0.0497. The second-order valence-electron chi connectivity index (χ2n) is 6.79. The van der Waals surface area contributed by atoms with Crippen molar-refractivity contribution in [2.75, 3.05) is 23.8 Å². The Morgan fingerprint density at radius 2 is 1.73 bits per heavy atom. The van der Waals surface area contributed by atoms with Gasteiger partial charge in [0.1, 0.15) is 16.3 Å². The van der Waals surface area contributed by atoms with Crippen LogP contribution in [0.2, 0.25) is 5.02 Å². The number of thiazole rings is 1. The van der Waals surface area contributed by atoms with Gasteiger partial charge in [0.15, 0.2) is 23.3 Å². The van der Waals surface area contributed by atoms with Crippen LogP contribution < -0.4 is 10.6 Å². The van der Waals surface area contributed by atoms with E-state index >= 15 is 0 Å². The Bertz CT molecular complexity index is 1320. The van der Waals surface area contributed by atoms with Crippen LogP contribution in [0.4, 0.5) is 28.9 Å². The van der Waals surface area contributed by atoms with Gasteiger partial charge >= 0.3 is 0 Å². The summed E-state index contributed by atoms with van der Waals surface area (Å²) in [6.45, 7) is -0.889. The molecule has 4 rings (SSSR count). The van der Waals surface area contributed by atoms with E-state index in [1.807, 2.05) is 23.5 Å². The summed E-state index contributed by atoms with van der Waals surface area (Å²) < 4.78 is 58.6. The lowest BCUT2D eigenvalue weighted by Crippen LogP contribution is -2.20. The predicted molar refractivity (Wildman–Crippen MR) is 120 cm³/mol. The number of aliphatic hydroxyl groups excluding tert-OH is 1. The number of nitrogens with zero attached hydrogens (tertiary/aromatic N) is 1. The molecule has 0 aliphatic rings. The van der Waals surface area contributed by atoms with Gasteiger partial charge in [0, 0.05) is 17.1 Å². The fourth-order valence-corrected chi connectivity index (χ4v) is 4.32. The van der Waals surface area contributed by atoms with Crippen LogP contribution in [0.15, 0.2) is 42.5 Å². The fraction of sp³-hybridized carbons (Fsp3) is 0.0909. The summed E-state index contributed by atoms with van der Waals surface area (Å²) in [5, 5.41) is 13.8. The van der Waals surface area contributed by atoms with Crippen LogP contribution in [0.3, 0.4) is 0 Å². The standard InChI is InChI=1S/C22H14ClF4N3O2S/c23-10-5-6-11(22-30-12-3-1-2-4-14(12)33-22)13(9-10)29-21(32)15-16(24)18(26)20(28-7-8-31)19(27)17(15)25/h1-6,9,28,31H,7-8H2,(H,29,32). The number of hydrogen-bond donors (Lipinski definition) is 3. The molecule has 0 atom stereocenters. The van der Waals surface area contributed by atoms with Crippen LogP contribution >= 0.6 is 22.9 Å². The monoisotopic (exact) mass is 495 g/mol. The molecule has 11 heteroatoms. The zero-order chi connectivity index (χ0) is 23.7. The molecule has 5 nitrogen and oxygen atoms in total. The first-order chi connectivity index (χ1) is 15.8. The van der Waals surface area contributed by atoms with E-state index in [0.717, 1.165) is 4.70 Å². The lowest BCUT2D eigenvalue weighted by Gasteiger charge is -2.14. The van der Waals surface area contributed by atoms with Crippen LogP contribution in [0.5, 0.6) is 0 Å². The molecule has 0 aliphatic carbocycles. The Kier molecular flexibility index (Phi) is 6.50. The van der Waals surface area contributed by atoms with Crippen molar-refractivity contribution in [1.29, 1.82) is 0 Å². The molecule has 1 amide bonds. The maximum absolute atomic E-state index is 14.5. The smallest absolute Gasteiger partial charge is 0.261 e. The number of anilines is 2. The Morgan fingerprint density at radius 3 is 2.39 bits per heavy atom. The number of rotatable bonds is 6. The molecule has 33 heavy (non-hydrogen) atoms. The number of nitrogens with one attached hydrogen (secondary N) is 2. The molecule has 0 spiro atoms. The van der Waals surface area contributed by atoms with Crippen LogP contribution in [-0.4, -0.2) is 29.1 Å². The predicted octanol–water partition coefficient (Wildman–Crippen LogP) is 5.83. The number of aliphatic hydroxyl groups is 1. The van der Waals surface area contributed by atoms with Crippen molar-refractivity contribution < 1.29 is 27.5 Å². The quantitative estimate of drug-likeness (QED) is 0.232. The highest BCUT2D eigenvalue weighted by Gasteiger charge is 2.30. The number of amides is 1. The number of benzene rings is 3. The van der Waals surface area contributed by atoms with Gasteiger partial charge in [-0.2, -0.15) is 0 Å². The minimum atomic E-state index is -1.88. The Balaban J connectivity index is 1.75. The molecule has 0 saturated carbocycles. The first kappa shape index (κ1) is 23.0. The van der Waals surface area contributed by atoms with Crippen LogP contribution in [0, 0.1) is 23.3 Å². The van der Waals surface area contributed by atoms with Crippen LogP contribution in [0.25, 0.3) is 20.8 Å². The number of carbonyl (C=O) groups excluding carboxylic acids is 1. The van der Waals surface area contributed by atoms with Crippen molar-refractivity contribution in [3.05, 3.63) is 76.3 Å². The molecule has 1 heterocycles. The van der Waals surface area contributed by atoms with Gasteiger partial charge in [-0.15, -0.1) is 11.3 Å². The fourth-order valence-electron chi connectivity index (χ4n) is 3.15. The number of halogens is 5. The molecule has 0 bridgehead atoms. The summed E-state index contributed by atoms with van der Waals surface area (Å²) in [6, 6.07) is 11.7. The second kappa shape index (κ2) is 9.34. The normalized spacial score (nSPS) is 11.1. The van der Waals surface area contributed by atoms with E-state index in [9.17, 15) is 22.4 Å². The summed E-state index contributed by atoms with van der Waals surface area (Å²) in [6.07, 6.45) is 0. The zero-order valence-electron chi connectivity index (χ0n) is 16.6. The third-order valence-corrected chi connectivity index (χ3v) is 5.96. The topological polar surface area (TPSA) is 74.2 Å². The highest BCUT2D eigenvalue weighted by molar-refractivity contribution is 7.21. The Morgan fingerprint density at radius 1 is 1.03 bits per heavy atom. The third kappa shape index (κ3) is 4.37. The molecular weight excluding hydrogens is 482 g/mol. The molecule has 3 aromatic carbocycles. The largest absolute Gasteiger partial charge is 0.395 e. The molecule has 170 valence electrons. The minimum Gasteiger partial charge on any atom is -0.395 e. The number of para-hydroxylation sites is 1. The lowest BCUT2D eigenvalue weighted by molar-refractivity contribution is 0.101. The van der Waals surface area contributed by atoms with E-state index < -0.39 is 47.0 Å². The summed E-state index contributed by atoms with van der Waals surface area (Å²) >= 11 is 7.34. The molecule has 0 saturated heterocycles. The Labute approximate surface area is 193 Å². The van der Waals surface area contributed by atoms with Gasteiger partial charge in [0.25, 0.3) is 5.91 Å². The molecule has 3 N–H and O–H groups in total. The molecule has 0 unspecified atom stereocenters. The van der Waals surface area contributed by atoms with E-state index in [-0.39, 0.29) is 17.3 Å². The van der Waals surface area contributed by atoms with Crippen molar-refractivity contribution in [3.8, 4) is 10.6 Å². The highest BCUT2D eigenvalue weighted by Crippen LogP contribution is 2.37. The van der Waals surface area contributed by atoms with E-state index in [4.69, 9.17) is 16.7 Å². The Hall–Kier alpha value is -3.21. The lowest BCUT2D eigenvalue weighted by atomic mass is 10.1. The molecule has 0 fully saturated rings. The van der Waals surface area contributed by atoms with Crippen molar-refractivity contribution in [3.63, 3.8) is 0 Å². The molecular formula is C22H14ClF4N3O2S. The number of carbonyl (C=O) groups is 1. The van der Waals surface area contributed by atoms with Crippen molar-refractivity contribution in [1.82, 2.24) is 4.98 Å². The van der Waals surface area contributed by atoms with Gasteiger partial charge in [0.05, 0.1) is 22.5 Å². The number of aromatic nitrogens is 1. The van der Waals surface area contributed by atoms with E-state index in [2.05, 4.69) is 10.3 Å². The number of fused-ring (bicyclic) bond motifs is 1. The van der Waals surface area contributed by atoms with Gasteiger partial charge in [-0.05, 0) is 30.3 Å². The van der Waals surface area contributed by atoms with Gasteiger partial charge < -0.3 is 15.7 Å². The average molecular weight is 496 g/mol. The molecule has 1 aromatic heterocycles. The van der Waals surface area contributed by atoms with E-state index in [1.165, 1.54) is 17.4 Å². The van der Waals surface area contributed by atoms with Crippen molar-refractivity contribution >= 4 is 50.4 Å². The van der Waals surface area contributed by atoms with Crippen LogP contribution in [-0.2, 0) is 0 Å². The van der Waals surface area contributed by atoms with Gasteiger partial charge in [-0.25, -0.2) is 22.5 Å². The second-order valence-corrected chi connectivity index (χ2v) is 8.25. The zero-order valence-corrected chi connectivity index (χ0v) is 18.1. The SMILES string of the molecule is O=C(Nc1cc(Cl)ccc1-c1nc2ccccc2s1)c1c(F)c(F)c(NCCO)c(F)c1F. The van der Waals surface area contributed by atoms with E-state index in [1.54, 1.807) is 18.2 Å². The number of hydrogen-bond acceptors (Lipinski definition) is 5. The van der Waals surface area contributed by atoms with Gasteiger partial charge in [-0.1, -0.05) is 23.7 Å². The van der Waals surface area contributed by atoms with Crippen LogP contribution in [0.1, 0.15) is 10.4 Å². The molecule has 4 aromatic rings. The summed E-state index contributed by atoms with van der Waals surface area (Å²) in [5.74, 6) is -8.75. The third-order valence-electron chi connectivity index (χ3n) is 4.66. The molecule has 0 radical (unpaired) electrons. The van der Waals surface area contributed by atoms with Gasteiger partial charge in [-0.3, -0.25) is 4.79 Å². The maximum Gasteiger partial charge on any atom is 0.261 e. The highest BCUT2D eigenvalue weighted by atomic mass is 35.5. The first-order valence-electron chi connectivity index (χ1n) is 9.49. The van der Waals surface area contributed by atoms with Gasteiger partial charge in [0.2, 0.25) is 0 Å². The van der Waals surface area contributed by atoms with E-state index in [0.29, 0.717) is 16.1 Å². The van der Waals surface area contributed by atoms with Crippen molar-refractivity contribution in [2.45, 2.75) is 0 Å². The summed E-state index contributed by atoms with van der Waals surface area (Å²) in [7, 11) is 0. The summed E-state index contributed by atoms with van der Waals surface area (Å²) in [4.78, 5) is 17.2. The van der Waals surface area contributed by atoms with Crippen molar-refractivity contribution in [2.24, 2.45) is 0 Å². The maximum atomic E-state index is 14.5. The summed E-state index contributed by atoms with van der Waals surface area (Å²) in [5.41, 5.74) is -1.40. The first-order valence-corrected chi connectivity index (χ1v) is 10.7.